The van der Waals surface area contributed by atoms with E-state index in [1.165, 1.54) is 79.2 Å². The molecule has 2 aromatic carbocycles. The maximum absolute atomic E-state index is 11.2. The molecule has 0 heterocycles. The summed E-state index contributed by atoms with van der Waals surface area (Å²) in [5.41, 5.74) is 7.86. The number of hydrogen-bond acceptors (Lipinski definition) is 2. The van der Waals surface area contributed by atoms with E-state index in [2.05, 4.69) is 50.2 Å². The molecule has 0 fully saturated rings. The molecule has 2 aromatic rings. The lowest BCUT2D eigenvalue weighted by molar-refractivity contribution is -0.137. The van der Waals surface area contributed by atoms with Gasteiger partial charge in [0.2, 0.25) is 0 Å². The summed E-state index contributed by atoms with van der Waals surface area (Å²) in [6, 6.07) is 13.5. The zero-order valence-electron chi connectivity index (χ0n) is 21.2. The van der Waals surface area contributed by atoms with Crippen LogP contribution in [-0.2, 0) is 27.8 Å². The fourth-order valence-electron chi connectivity index (χ4n) is 5.75. The molecule has 1 N–H and O–H groups in total. The molecule has 0 aromatic heterocycles. The normalized spacial score (nSPS) is 13.5. The molecule has 0 saturated carbocycles. The van der Waals surface area contributed by atoms with Crippen molar-refractivity contribution in [1.82, 2.24) is 0 Å². The Bertz CT molecular complexity index is 947. The number of benzene rings is 2. The maximum Gasteiger partial charge on any atom is 0.303 e. The molecule has 0 spiro atoms. The van der Waals surface area contributed by atoms with Gasteiger partial charge in [0.15, 0.2) is 0 Å². The van der Waals surface area contributed by atoms with E-state index in [1.807, 2.05) is 0 Å². The maximum atomic E-state index is 11.2. The van der Waals surface area contributed by atoms with E-state index in [4.69, 9.17) is 0 Å². The van der Waals surface area contributed by atoms with Gasteiger partial charge in [-0.3, -0.25) is 4.79 Å². The third-order valence-corrected chi connectivity index (χ3v) is 7.58. The molecule has 1 aliphatic rings. The third kappa shape index (κ3) is 6.17. The third-order valence-electron chi connectivity index (χ3n) is 7.58. The van der Waals surface area contributed by atoms with E-state index in [1.54, 1.807) is 0 Å². The van der Waals surface area contributed by atoms with Crippen LogP contribution in [-0.4, -0.2) is 17.4 Å². The first-order valence-corrected chi connectivity index (χ1v) is 13.5. The van der Waals surface area contributed by atoms with Crippen LogP contribution in [0.3, 0.4) is 0 Å². The van der Waals surface area contributed by atoms with Gasteiger partial charge < -0.3 is 9.90 Å². The lowest BCUT2D eigenvalue weighted by Gasteiger charge is -2.33. The Balaban J connectivity index is 2.06. The molecule has 0 saturated heterocycles. The summed E-state index contributed by atoms with van der Waals surface area (Å²) >= 11 is 0. The SMILES string of the molecule is CCCCCCC1(CCCCCC)c2cc(CCC=O)ccc2-c2ccc(CCC(=O)O)cc21. The smallest absolute Gasteiger partial charge is 0.303 e. The zero-order chi connectivity index (χ0) is 24.4. The van der Waals surface area contributed by atoms with Crippen LogP contribution < -0.4 is 0 Å². The topological polar surface area (TPSA) is 54.4 Å². The van der Waals surface area contributed by atoms with Crippen molar-refractivity contribution in [1.29, 1.82) is 0 Å². The minimum absolute atomic E-state index is 0.0113. The monoisotopic (exact) mass is 462 g/mol. The fourth-order valence-corrected chi connectivity index (χ4v) is 5.75. The number of hydrogen-bond donors (Lipinski definition) is 1. The van der Waals surface area contributed by atoms with Gasteiger partial charge in [-0.05, 0) is 59.1 Å². The Labute approximate surface area is 206 Å². The first-order valence-electron chi connectivity index (χ1n) is 13.5. The van der Waals surface area contributed by atoms with E-state index in [0.717, 1.165) is 31.1 Å². The number of fused-ring (bicyclic) bond motifs is 3. The molecule has 0 radical (unpaired) electrons. The number of unbranched alkanes of at least 4 members (excludes halogenated alkanes) is 6. The molecule has 3 heteroatoms. The molecule has 1 aliphatic carbocycles. The van der Waals surface area contributed by atoms with Crippen molar-refractivity contribution in [2.24, 2.45) is 0 Å². The van der Waals surface area contributed by atoms with Gasteiger partial charge in [-0.1, -0.05) is 102 Å². The number of carboxylic acid groups (broad SMARTS) is 1. The standard InChI is InChI=1S/C31H42O3/c1-3-5-7-9-19-31(20-10-8-6-4-2)28-22-24(12-11-21-32)13-16-26(28)27-17-14-25(23-29(27)31)15-18-30(33)34/h13-14,16-17,21-23H,3-12,15,18-20H2,1-2H3,(H,33,34). The summed E-state index contributed by atoms with van der Waals surface area (Å²) in [4.78, 5) is 22.2. The summed E-state index contributed by atoms with van der Waals surface area (Å²) in [7, 11) is 0. The highest BCUT2D eigenvalue weighted by atomic mass is 16.4. The summed E-state index contributed by atoms with van der Waals surface area (Å²) < 4.78 is 0. The molecular formula is C31H42O3. The van der Waals surface area contributed by atoms with Gasteiger partial charge in [-0.25, -0.2) is 0 Å². The summed E-state index contributed by atoms with van der Waals surface area (Å²) in [5, 5.41) is 9.22. The molecule has 0 aliphatic heterocycles. The molecule has 0 amide bonds. The summed E-state index contributed by atoms with van der Waals surface area (Å²) in [6.45, 7) is 4.52. The number of aryl methyl sites for hydroxylation is 2. The van der Waals surface area contributed by atoms with E-state index >= 15 is 0 Å². The fraction of sp³-hybridized carbons (Fsp3) is 0.548. The number of carboxylic acids is 1. The number of aldehydes is 1. The minimum atomic E-state index is -0.742. The Kier molecular flexibility index (Phi) is 9.92. The number of aliphatic carboxylic acids is 1. The highest BCUT2D eigenvalue weighted by Gasteiger charge is 2.42. The molecule has 0 unspecified atom stereocenters. The van der Waals surface area contributed by atoms with Crippen LogP contribution in [0, 0.1) is 0 Å². The van der Waals surface area contributed by atoms with Gasteiger partial charge in [0.25, 0.3) is 0 Å². The number of carbonyl (C=O) groups excluding carboxylic acids is 1. The molecule has 0 atom stereocenters. The van der Waals surface area contributed by atoms with Crippen molar-refractivity contribution < 1.29 is 14.7 Å². The van der Waals surface area contributed by atoms with E-state index < -0.39 is 5.97 Å². The molecule has 0 bridgehead atoms. The molecule has 34 heavy (non-hydrogen) atoms. The highest BCUT2D eigenvalue weighted by molar-refractivity contribution is 5.82. The average Bonchev–Trinajstić information content (AvgIpc) is 3.10. The van der Waals surface area contributed by atoms with Crippen LogP contribution in [0.1, 0.15) is 113 Å². The van der Waals surface area contributed by atoms with Crippen LogP contribution in [0.15, 0.2) is 36.4 Å². The Morgan fingerprint density at radius 1 is 0.794 bits per heavy atom. The van der Waals surface area contributed by atoms with Gasteiger partial charge in [0, 0.05) is 18.3 Å². The Morgan fingerprint density at radius 2 is 1.32 bits per heavy atom. The molecule has 3 rings (SSSR count). The van der Waals surface area contributed by atoms with Crippen LogP contribution in [0.2, 0.25) is 0 Å². The Hall–Kier alpha value is -2.42. The van der Waals surface area contributed by atoms with Crippen LogP contribution in [0.25, 0.3) is 11.1 Å². The van der Waals surface area contributed by atoms with Crippen LogP contribution >= 0.6 is 0 Å². The van der Waals surface area contributed by atoms with Gasteiger partial charge >= 0.3 is 5.97 Å². The van der Waals surface area contributed by atoms with E-state index in [9.17, 15) is 14.7 Å². The lowest BCUT2D eigenvalue weighted by atomic mass is 9.70. The Morgan fingerprint density at radius 3 is 1.79 bits per heavy atom. The minimum Gasteiger partial charge on any atom is -0.481 e. The van der Waals surface area contributed by atoms with Gasteiger partial charge in [-0.15, -0.1) is 0 Å². The van der Waals surface area contributed by atoms with Gasteiger partial charge in [0.1, 0.15) is 6.29 Å². The second-order valence-electron chi connectivity index (χ2n) is 10.1. The van der Waals surface area contributed by atoms with Gasteiger partial charge in [0.05, 0.1) is 0 Å². The van der Waals surface area contributed by atoms with Crippen molar-refractivity contribution in [3.05, 3.63) is 58.7 Å². The van der Waals surface area contributed by atoms with Crippen molar-refractivity contribution in [2.45, 2.75) is 109 Å². The van der Waals surface area contributed by atoms with E-state index in [-0.39, 0.29) is 11.8 Å². The zero-order valence-corrected chi connectivity index (χ0v) is 21.2. The number of rotatable bonds is 16. The highest BCUT2D eigenvalue weighted by Crippen LogP contribution is 2.54. The van der Waals surface area contributed by atoms with Crippen LogP contribution in [0.5, 0.6) is 0 Å². The average molecular weight is 463 g/mol. The van der Waals surface area contributed by atoms with Gasteiger partial charge in [-0.2, -0.15) is 0 Å². The number of carbonyl (C=O) groups is 2. The predicted molar refractivity (Wildman–Crippen MR) is 141 cm³/mol. The summed E-state index contributed by atoms with van der Waals surface area (Å²) in [6.07, 6.45) is 15.3. The molecular weight excluding hydrogens is 420 g/mol. The van der Waals surface area contributed by atoms with E-state index in [0.29, 0.717) is 12.8 Å². The van der Waals surface area contributed by atoms with Crippen molar-refractivity contribution in [3.8, 4) is 11.1 Å². The second kappa shape index (κ2) is 12.9. The van der Waals surface area contributed by atoms with Crippen molar-refractivity contribution >= 4 is 12.3 Å². The second-order valence-corrected chi connectivity index (χ2v) is 10.1. The first-order chi connectivity index (χ1) is 16.6. The predicted octanol–water partition coefficient (Wildman–Crippen LogP) is 8.04. The largest absolute Gasteiger partial charge is 0.481 e. The first kappa shape index (κ1) is 26.2. The van der Waals surface area contributed by atoms with Crippen molar-refractivity contribution in [2.75, 3.05) is 0 Å². The molecule has 184 valence electrons. The lowest BCUT2D eigenvalue weighted by Crippen LogP contribution is -2.26. The quantitative estimate of drug-likeness (QED) is 0.203. The van der Waals surface area contributed by atoms with Crippen molar-refractivity contribution in [3.63, 3.8) is 0 Å². The van der Waals surface area contributed by atoms with Crippen LogP contribution in [0.4, 0.5) is 0 Å². The molecule has 3 nitrogen and oxygen atoms in total. The summed E-state index contributed by atoms with van der Waals surface area (Å²) in [5.74, 6) is -0.742.